The molecule has 6 bridgehead atoms. The van der Waals surface area contributed by atoms with E-state index in [0.717, 1.165) is 51.4 Å². The molecule has 51 heavy (non-hydrogen) atoms. The summed E-state index contributed by atoms with van der Waals surface area (Å²) in [5.74, 6) is 0. The third kappa shape index (κ3) is 6.14. The Kier molecular flexibility index (Phi) is 10.3. The van der Waals surface area contributed by atoms with Crippen LogP contribution in [0.4, 0.5) is 0 Å². The highest BCUT2D eigenvalue weighted by Gasteiger charge is 2.56. The van der Waals surface area contributed by atoms with Crippen molar-refractivity contribution in [1.29, 1.82) is 0 Å². The second-order valence-corrected chi connectivity index (χ2v) is 28.4. The van der Waals surface area contributed by atoms with Crippen molar-refractivity contribution in [3.63, 3.8) is 0 Å². The van der Waals surface area contributed by atoms with Crippen LogP contribution in [0.5, 0.6) is 0 Å². The van der Waals surface area contributed by atoms with Gasteiger partial charge in [0.15, 0.2) is 16.6 Å². The molecule has 4 aromatic rings. The molecule has 0 saturated heterocycles. The van der Waals surface area contributed by atoms with Gasteiger partial charge in [0, 0.05) is 44.2 Å². The maximum atomic E-state index is 8.02. The molecule has 0 aliphatic carbocycles. The van der Waals surface area contributed by atoms with Crippen LogP contribution in [0.25, 0.3) is 24.3 Å². The number of nitrogens with zero attached hydrogens (tertiary/aromatic N) is 2. The topological polar surface area (TPSA) is 59.9 Å². The highest BCUT2D eigenvalue weighted by Crippen LogP contribution is 2.39. The summed E-state index contributed by atoms with van der Waals surface area (Å²) in [5.41, 5.74) is 16.3. The van der Waals surface area contributed by atoms with Gasteiger partial charge in [-0.25, -0.2) is 0 Å². The molecular weight excluding hydrogens is 677 g/mol. The summed E-state index contributed by atoms with van der Waals surface area (Å²) in [7, 11) is -8.19. The Balaban J connectivity index is 2.11. The third-order valence-corrected chi connectivity index (χ3v) is 20.0. The van der Waals surface area contributed by atoms with Crippen LogP contribution in [0.15, 0.2) is 0 Å². The van der Waals surface area contributed by atoms with E-state index >= 15 is 0 Å². The molecule has 0 fully saturated rings. The van der Waals surface area contributed by atoms with Gasteiger partial charge in [0.1, 0.15) is 0 Å². The minimum atomic E-state index is -3.64. The second kappa shape index (κ2) is 13.9. The van der Waals surface area contributed by atoms with E-state index in [9.17, 15) is 0 Å². The van der Waals surface area contributed by atoms with Crippen LogP contribution in [0.3, 0.4) is 0 Å². The van der Waals surface area contributed by atoms with E-state index in [1.54, 1.807) is 0 Å². The first-order valence-electron chi connectivity index (χ1n) is 20.0. The molecule has 9 heteroatoms. The van der Waals surface area contributed by atoms with E-state index in [2.05, 4.69) is 137 Å². The number of rotatable bonds is 12. The van der Waals surface area contributed by atoms with Crippen LogP contribution in [0.1, 0.15) is 123 Å². The molecular formula is C42H64N4O2Si3. The Morgan fingerprint density at radius 2 is 0.627 bits per heavy atom. The number of H-pyrrole nitrogens is 2. The summed E-state index contributed by atoms with van der Waals surface area (Å²) < 4.78 is 21.4. The molecule has 0 spiro atoms. The van der Waals surface area contributed by atoms with Crippen molar-refractivity contribution in [3.05, 3.63) is 88.7 Å². The fraction of sp³-hybridized carbons (Fsp3) is 0.524. The van der Waals surface area contributed by atoms with Crippen LogP contribution < -0.4 is 21.4 Å². The fourth-order valence-corrected chi connectivity index (χ4v) is 19.8. The van der Waals surface area contributed by atoms with Gasteiger partial charge in [-0.3, -0.25) is 0 Å². The van der Waals surface area contributed by atoms with Crippen molar-refractivity contribution in [2.75, 3.05) is 0 Å². The van der Waals surface area contributed by atoms with Crippen molar-refractivity contribution in [2.45, 2.75) is 146 Å². The average Bonchev–Trinajstić information content (AvgIpc) is 3.75. The van der Waals surface area contributed by atoms with Crippen LogP contribution in [-0.4, -0.2) is 44.0 Å². The van der Waals surface area contributed by atoms with Gasteiger partial charge in [0.25, 0.3) is 0 Å². The molecule has 6 nitrogen and oxygen atoms in total. The maximum absolute atomic E-state index is 8.02. The first-order chi connectivity index (χ1) is 24.1. The predicted molar refractivity (Wildman–Crippen MR) is 224 cm³/mol. The zero-order valence-electron chi connectivity index (χ0n) is 34.2. The lowest BCUT2D eigenvalue weighted by molar-refractivity contribution is 0.340. The number of hydrogen-bond acceptors (Lipinski definition) is 2. The molecule has 4 aromatic heterocycles. The normalized spacial score (nSPS) is 17.5. The molecule has 0 radical (unpaired) electrons. The van der Waals surface area contributed by atoms with Crippen molar-refractivity contribution in [3.8, 4) is 0 Å². The molecule has 2 aliphatic rings. The van der Waals surface area contributed by atoms with Crippen LogP contribution >= 0.6 is 0 Å². The first kappa shape index (κ1) is 37.9. The van der Waals surface area contributed by atoms with Gasteiger partial charge in [-0.2, -0.15) is 0 Å². The largest absolute Gasteiger partial charge is 0.577 e. The Bertz CT molecular complexity index is 1940. The summed E-state index contributed by atoms with van der Waals surface area (Å²) in [6.07, 6.45) is 17.6. The Hall–Kier alpha value is -2.83. The summed E-state index contributed by atoms with van der Waals surface area (Å²) in [6.45, 7) is 32.7. The van der Waals surface area contributed by atoms with E-state index in [1.807, 2.05) is 0 Å². The molecule has 0 unspecified atom stereocenters. The van der Waals surface area contributed by atoms with Crippen molar-refractivity contribution < 1.29 is 8.23 Å². The van der Waals surface area contributed by atoms with Gasteiger partial charge >= 0.3 is 8.88 Å². The number of aromatic nitrogens is 4. The molecule has 0 saturated carbocycles. The number of fused-ring (bicyclic) bond motifs is 4. The Labute approximate surface area is 310 Å². The predicted octanol–water partition coefficient (Wildman–Crippen LogP) is 6.92. The highest BCUT2D eigenvalue weighted by molar-refractivity contribution is 6.87. The molecule has 6 rings (SSSR count). The molecule has 276 valence electrons. The fourth-order valence-electron chi connectivity index (χ4n) is 9.21. The number of nitrogens with one attached hydrogen (secondary N) is 2. The zero-order chi connectivity index (χ0) is 37.2. The van der Waals surface area contributed by atoms with Gasteiger partial charge < -0.3 is 26.7 Å². The Morgan fingerprint density at radius 3 is 0.804 bits per heavy atom. The second-order valence-electron chi connectivity index (χ2n) is 16.3. The maximum Gasteiger partial charge on any atom is 0.577 e. The van der Waals surface area contributed by atoms with Gasteiger partial charge in [0.2, 0.25) is 0 Å². The SMILES string of the molecule is CCc1c(CC)c2n3c1/C=c1\[nH]/c(c(CC)c1CC)=C\c1c(CC)c(CC)c(n1[Si]3(O[Si](C)(C)C)O[Si](C)(C)C)/C=c1\[nH]/c(c(CC)c1CC)=C\2. The molecule has 6 heterocycles. The lowest BCUT2D eigenvalue weighted by Gasteiger charge is -2.43. The summed E-state index contributed by atoms with van der Waals surface area (Å²) in [4.78, 5) is 8.02. The molecule has 2 aliphatic heterocycles. The van der Waals surface area contributed by atoms with Crippen molar-refractivity contribution in [1.82, 2.24) is 18.4 Å². The molecule has 2 N–H and O–H groups in total. The molecule has 0 atom stereocenters. The smallest absolute Gasteiger partial charge is 0.404 e. The summed E-state index contributed by atoms with van der Waals surface area (Å²) in [6, 6.07) is 0. The monoisotopic (exact) mass is 740 g/mol. The van der Waals surface area contributed by atoms with Gasteiger partial charge in [-0.1, -0.05) is 55.4 Å². The molecule has 0 aromatic carbocycles. The van der Waals surface area contributed by atoms with E-state index < -0.39 is 25.5 Å². The van der Waals surface area contributed by atoms with Gasteiger partial charge in [-0.05, 0) is 159 Å². The minimum absolute atomic E-state index is 0.934. The van der Waals surface area contributed by atoms with Gasteiger partial charge in [0.05, 0.1) is 0 Å². The average molecular weight is 741 g/mol. The van der Waals surface area contributed by atoms with E-state index in [-0.39, 0.29) is 0 Å². The van der Waals surface area contributed by atoms with Crippen molar-refractivity contribution >= 4 is 49.8 Å². The number of hydrogen-bond donors (Lipinski definition) is 2. The van der Waals surface area contributed by atoms with E-state index in [4.69, 9.17) is 8.23 Å². The zero-order valence-corrected chi connectivity index (χ0v) is 37.2. The quantitative estimate of drug-likeness (QED) is 0.137. The number of aromatic amines is 2. The van der Waals surface area contributed by atoms with Crippen molar-refractivity contribution in [2.24, 2.45) is 0 Å². The lowest BCUT2D eigenvalue weighted by Crippen LogP contribution is -2.66. The minimum Gasteiger partial charge on any atom is -0.404 e. The first-order valence-corrected chi connectivity index (χ1v) is 28.5. The Morgan fingerprint density at radius 1 is 0.412 bits per heavy atom. The van der Waals surface area contributed by atoms with E-state index in [1.165, 1.54) is 88.7 Å². The lowest BCUT2D eigenvalue weighted by atomic mass is 10.0. The third-order valence-electron chi connectivity index (χ3n) is 10.9. The van der Waals surface area contributed by atoms with E-state index in [0.29, 0.717) is 0 Å². The summed E-state index contributed by atoms with van der Waals surface area (Å²) >= 11 is 0. The van der Waals surface area contributed by atoms with Crippen LogP contribution in [0.2, 0.25) is 39.3 Å². The van der Waals surface area contributed by atoms with Crippen LogP contribution in [-0.2, 0) is 59.6 Å². The van der Waals surface area contributed by atoms with Crippen LogP contribution in [0, 0.1) is 0 Å². The highest BCUT2D eigenvalue weighted by atomic mass is 28.5. The molecule has 0 amide bonds. The van der Waals surface area contributed by atoms with Gasteiger partial charge in [-0.15, -0.1) is 0 Å². The standard InChI is InChI=1S/C42H64N4O2Si3/c1-15-27-28(16-2)36-24-40-33(21-7)34(22-8)42-26-38-30(18-4)29(17-3)37(44-38)25-41-32(20-6)31(19-5)39(23-35(27)43-36)45(41)51(46(40)42,47-49(9,10)11)48-50(12,13)14/h23-26,43-44H,15-22H2,1-14H3/b35-23-,36-24-,37-25-,38-26-,39-23?,40-24?,41-25?,42-26?. The summed E-state index contributed by atoms with van der Waals surface area (Å²) in [5, 5.41) is 4.91.